The van der Waals surface area contributed by atoms with Gasteiger partial charge >= 0.3 is 0 Å². The zero-order chi connectivity index (χ0) is 31.2. The first-order valence-electron chi connectivity index (χ1n) is 15.4. The zero-order valence-electron chi connectivity index (χ0n) is 25.4. The molecular weight excluding hydrogens is 588 g/mol. The topological polar surface area (TPSA) is 97.3 Å². The molecule has 9 heteroatoms. The van der Waals surface area contributed by atoms with Gasteiger partial charge in [-0.2, -0.15) is 0 Å². The molecule has 4 aromatic carbocycles. The van der Waals surface area contributed by atoms with Gasteiger partial charge in [-0.05, 0) is 52.1 Å². The minimum Gasteiger partial charge on any atom is -0.392 e. The third-order valence-electron chi connectivity index (χ3n) is 8.60. The molecule has 236 valence electrons. The fraction of sp³-hybridized carbons (Fsp3) is 0.333. The van der Waals surface area contributed by atoms with E-state index in [0.717, 1.165) is 66.2 Å². The summed E-state index contributed by atoms with van der Waals surface area (Å²) >= 11 is 0. The third kappa shape index (κ3) is 7.70. The molecule has 2 N–H and O–H groups in total. The maximum Gasteiger partial charge on any atom is 0.240 e. The van der Waals surface area contributed by atoms with Crippen LogP contribution < -0.4 is 4.72 Å². The van der Waals surface area contributed by atoms with E-state index in [1.165, 1.54) is 0 Å². The Balaban J connectivity index is 1.23. The van der Waals surface area contributed by atoms with Crippen LogP contribution in [0.3, 0.4) is 0 Å². The van der Waals surface area contributed by atoms with Crippen molar-refractivity contribution in [3.8, 4) is 11.1 Å². The monoisotopic (exact) mass is 628 g/mol. The van der Waals surface area contributed by atoms with Gasteiger partial charge in [0, 0.05) is 37.7 Å². The van der Waals surface area contributed by atoms with E-state index in [-0.39, 0.29) is 36.2 Å². The lowest BCUT2D eigenvalue weighted by Crippen LogP contribution is -2.47. The molecule has 0 spiro atoms. The van der Waals surface area contributed by atoms with Crippen LogP contribution in [0.1, 0.15) is 41.6 Å². The summed E-state index contributed by atoms with van der Waals surface area (Å²) in [6, 6.07) is 32.4. The van der Waals surface area contributed by atoms with Crippen LogP contribution in [-0.2, 0) is 37.4 Å². The van der Waals surface area contributed by atoms with E-state index in [2.05, 4.69) is 22.6 Å². The highest BCUT2D eigenvalue weighted by atomic mass is 32.2. The number of hydrogen-bond donors (Lipinski definition) is 2. The van der Waals surface area contributed by atoms with Crippen LogP contribution in [0.15, 0.2) is 108 Å². The van der Waals surface area contributed by atoms with Crippen molar-refractivity contribution in [3.05, 3.63) is 125 Å². The smallest absolute Gasteiger partial charge is 0.240 e. The predicted molar refractivity (Wildman–Crippen MR) is 173 cm³/mol. The van der Waals surface area contributed by atoms with Crippen LogP contribution in [-0.4, -0.2) is 57.4 Å². The number of aliphatic hydroxyl groups excluding tert-OH is 1. The van der Waals surface area contributed by atoms with Gasteiger partial charge < -0.3 is 19.3 Å². The molecule has 8 nitrogen and oxygen atoms in total. The second-order valence-electron chi connectivity index (χ2n) is 11.7. The van der Waals surface area contributed by atoms with Gasteiger partial charge in [0.05, 0.1) is 36.9 Å². The number of ether oxygens (including phenoxy) is 3. The van der Waals surface area contributed by atoms with Crippen LogP contribution >= 0.6 is 0 Å². The van der Waals surface area contributed by atoms with Gasteiger partial charge in [0.2, 0.25) is 10.0 Å². The standard InChI is InChI=1S/C36H40N2O6S/c1-26-34(24-38-17-19-42-20-18-38)43-36(44-35(26)29-15-13-27(25-39)14-16-29)32-10-6-9-31(22-32)30-8-5-7-28(21-30)23-37-45(40,41)33-11-3-2-4-12-33/h2-16,21-22,26,34-37,39H,17-20,23-25H2,1H3/t26-,34+,35+,36+/m0/s1. The molecule has 2 aliphatic heterocycles. The van der Waals surface area contributed by atoms with Crippen molar-refractivity contribution in [1.82, 2.24) is 9.62 Å². The van der Waals surface area contributed by atoms with E-state index < -0.39 is 16.3 Å². The average molecular weight is 629 g/mol. The molecule has 0 amide bonds. The Kier molecular flexibility index (Phi) is 10.1. The number of nitrogens with zero attached hydrogens (tertiary/aromatic N) is 1. The second-order valence-corrected chi connectivity index (χ2v) is 13.5. The van der Waals surface area contributed by atoms with Crippen LogP contribution in [0.5, 0.6) is 0 Å². The van der Waals surface area contributed by atoms with Crippen LogP contribution in [0.2, 0.25) is 0 Å². The SMILES string of the molecule is C[C@H]1[C@@H](CN2CCOCC2)O[C@@H](c2cccc(-c3cccc(CNS(=O)(=O)c4ccccc4)c3)c2)O[C@H]1c1ccc(CO)cc1. The number of morpholine rings is 1. The first-order chi connectivity index (χ1) is 21.9. The van der Waals surface area contributed by atoms with Gasteiger partial charge in [-0.1, -0.05) is 85.8 Å². The molecule has 2 saturated heterocycles. The summed E-state index contributed by atoms with van der Waals surface area (Å²) in [5.41, 5.74) is 5.65. The lowest BCUT2D eigenvalue weighted by Gasteiger charge is -2.43. The van der Waals surface area contributed by atoms with Gasteiger partial charge in [-0.3, -0.25) is 4.90 Å². The Morgan fingerprint density at radius 3 is 2.24 bits per heavy atom. The van der Waals surface area contributed by atoms with Gasteiger partial charge in [0.1, 0.15) is 0 Å². The Morgan fingerprint density at radius 2 is 1.51 bits per heavy atom. The molecule has 0 aromatic heterocycles. The molecular formula is C36H40N2O6S. The number of rotatable bonds is 10. The van der Waals surface area contributed by atoms with Gasteiger partial charge in [-0.15, -0.1) is 0 Å². The van der Waals surface area contributed by atoms with Crippen LogP contribution in [0, 0.1) is 5.92 Å². The highest BCUT2D eigenvalue weighted by molar-refractivity contribution is 7.89. The molecule has 6 rings (SSSR count). The minimum atomic E-state index is -3.62. The number of hydrogen-bond acceptors (Lipinski definition) is 7. The lowest BCUT2D eigenvalue weighted by molar-refractivity contribution is -0.277. The Labute approximate surface area is 265 Å². The minimum absolute atomic E-state index is 0.000354. The quantitative estimate of drug-likeness (QED) is 0.241. The Bertz CT molecular complexity index is 1660. The molecule has 0 unspecified atom stereocenters. The van der Waals surface area contributed by atoms with Crippen molar-refractivity contribution in [3.63, 3.8) is 0 Å². The molecule has 2 heterocycles. The van der Waals surface area contributed by atoms with Crippen LogP contribution in [0.25, 0.3) is 11.1 Å². The maximum absolute atomic E-state index is 12.8. The second kappa shape index (κ2) is 14.3. The van der Waals surface area contributed by atoms with E-state index in [4.69, 9.17) is 14.2 Å². The predicted octanol–water partition coefficient (Wildman–Crippen LogP) is 5.45. The molecule has 0 saturated carbocycles. The summed E-state index contributed by atoms with van der Waals surface area (Å²) in [6.45, 7) is 6.35. The molecule has 0 aliphatic carbocycles. The fourth-order valence-corrected chi connectivity index (χ4v) is 6.99. The van der Waals surface area contributed by atoms with Crippen molar-refractivity contribution in [2.45, 2.75) is 43.5 Å². The van der Waals surface area contributed by atoms with Crippen molar-refractivity contribution < 1.29 is 27.7 Å². The number of aliphatic hydroxyl groups is 1. The molecule has 2 aliphatic rings. The highest BCUT2D eigenvalue weighted by Gasteiger charge is 2.39. The summed E-state index contributed by atoms with van der Waals surface area (Å²) in [5, 5.41) is 9.56. The van der Waals surface area contributed by atoms with Gasteiger partial charge in [-0.25, -0.2) is 13.1 Å². The van der Waals surface area contributed by atoms with Crippen molar-refractivity contribution in [2.75, 3.05) is 32.8 Å². The molecule has 4 atom stereocenters. The normalized spacial score (nSPS) is 22.7. The molecule has 2 fully saturated rings. The summed E-state index contributed by atoms with van der Waals surface area (Å²) in [5.74, 6) is 0.101. The molecule has 0 radical (unpaired) electrons. The summed E-state index contributed by atoms with van der Waals surface area (Å²) in [6.07, 6.45) is -0.822. The van der Waals surface area contributed by atoms with Crippen LogP contribution in [0.4, 0.5) is 0 Å². The van der Waals surface area contributed by atoms with Crippen molar-refractivity contribution in [1.29, 1.82) is 0 Å². The van der Waals surface area contributed by atoms with Gasteiger partial charge in [0.25, 0.3) is 0 Å². The summed E-state index contributed by atoms with van der Waals surface area (Å²) in [4.78, 5) is 2.64. The largest absolute Gasteiger partial charge is 0.392 e. The summed E-state index contributed by atoms with van der Waals surface area (Å²) < 4.78 is 47.2. The fourth-order valence-electron chi connectivity index (χ4n) is 5.95. The third-order valence-corrected chi connectivity index (χ3v) is 10.0. The zero-order valence-corrected chi connectivity index (χ0v) is 26.2. The van der Waals surface area contributed by atoms with Crippen molar-refractivity contribution in [2.24, 2.45) is 5.92 Å². The van der Waals surface area contributed by atoms with E-state index in [9.17, 15) is 13.5 Å². The number of nitrogens with one attached hydrogen (secondary N) is 1. The molecule has 45 heavy (non-hydrogen) atoms. The number of benzene rings is 4. The summed E-state index contributed by atoms with van der Waals surface area (Å²) in [7, 11) is -3.62. The first-order valence-corrected chi connectivity index (χ1v) is 16.9. The Hall–Kier alpha value is -3.41. The van der Waals surface area contributed by atoms with E-state index >= 15 is 0 Å². The molecule has 4 aromatic rings. The van der Waals surface area contributed by atoms with Gasteiger partial charge in [0.15, 0.2) is 6.29 Å². The van der Waals surface area contributed by atoms with E-state index in [1.54, 1.807) is 30.3 Å². The highest BCUT2D eigenvalue weighted by Crippen LogP contribution is 2.42. The van der Waals surface area contributed by atoms with Crippen molar-refractivity contribution >= 4 is 10.0 Å². The molecule has 0 bridgehead atoms. The maximum atomic E-state index is 12.8. The average Bonchev–Trinajstić information content (AvgIpc) is 3.09. The van der Waals surface area contributed by atoms with E-state index in [0.29, 0.717) is 0 Å². The lowest BCUT2D eigenvalue weighted by atomic mass is 9.89. The number of sulfonamides is 1. The van der Waals surface area contributed by atoms with E-state index in [1.807, 2.05) is 66.7 Å². The Morgan fingerprint density at radius 1 is 0.800 bits per heavy atom. The first kappa shape index (κ1) is 31.6.